The Morgan fingerprint density at radius 2 is 1.90 bits per heavy atom. The fraction of sp³-hybridized carbons (Fsp3) is 0.400. The lowest BCUT2D eigenvalue weighted by Crippen LogP contribution is -2.41. The minimum atomic E-state index is -1.80. The zero-order valence-corrected chi connectivity index (χ0v) is 11.6. The zero-order valence-electron chi connectivity index (χ0n) is 11.6. The molecule has 0 unspecified atom stereocenters. The van der Waals surface area contributed by atoms with Gasteiger partial charge in [-0.25, -0.2) is 4.79 Å². The second-order valence-electron chi connectivity index (χ2n) is 5.84. The topological polar surface area (TPSA) is 73.9 Å². The van der Waals surface area contributed by atoms with Crippen LogP contribution in [0.3, 0.4) is 0 Å². The molecule has 0 atom stereocenters. The predicted octanol–water partition coefficient (Wildman–Crippen LogP) is 0.172. The summed E-state index contributed by atoms with van der Waals surface area (Å²) >= 11 is 0. The maximum atomic E-state index is 11.9. The van der Waals surface area contributed by atoms with Gasteiger partial charge in [0.05, 0.1) is 5.46 Å². The first kappa shape index (κ1) is 12.9. The van der Waals surface area contributed by atoms with E-state index in [0.29, 0.717) is 5.58 Å². The number of anilines is 1. The van der Waals surface area contributed by atoms with E-state index in [4.69, 9.17) is 4.42 Å². The molecule has 0 radical (unpaired) electrons. The number of hydrogen-bond acceptors (Lipinski definition) is 5. The van der Waals surface area contributed by atoms with Crippen LogP contribution in [0.25, 0.3) is 11.0 Å². The predicted molar refractivity (Wildman–Crippen MR) is 81.2 cm³/mol. The first-order chi connectivity index (χ1) is 10.1. The van der Waals surface area contributed by atoms with Crippen molar-refractivity contribution in [1.29, 1.82) is 0 Å². The summed E-state index contributed by atoms with van der Waals surface area (Å²) in [5.41, 5.74) is 3.45. The number of rotatable bonds is 1. The van der Waals surface area contributed by atoms with Crippen LogP contribution in [0.2, 0.25) is 0 Å². The van der Waals surface area contributed by atoms with Gasteiger partial charge in [0.1, 0.15) is 5.58 Å². The van der Waals surface area contributed by atoms with Gasteiger partial charge in [0.25, 0.3) is 0 Å². The summed E-state index contributed by atoms with van der Waals surface area (Å²) < 4.78 is 5.42. The van der Waals surface area contributed by atoms with Crippen LogP contribution in [0, 0.1) is 0 Å². The Labute approximate surface area is 121 Å². The Balaban J connectivity index is 2.05. The summed E-state index contributed by atoms with van der Waals surface area (Å²) in [4.78, 5) is 14.3. The van der Waals surface area contributed by atoms with Gasteiger partial charge in [0.2, 0.25) is 0 Å². The van der Waals surface area contributed by atoms with E-state index >= 15 is 0 Å². The zero-order chi connectivity index (χ0) is 14.6. The normalized spacial score (nSPS) is 17.0. The minimum absolute atomic E-state index is 0.0990. The molecule has 1 aromatic heterocycles. The van der Waals surface area contributed by atoms with Crippen LogP contribution in [0.4, 0.5) is 5.69 Å². The van der Waals surface area contributed by atoms with Crippen LogP contribution in [-0.4, -0.2) is 30.3 Å². The molecule has 3 heterocycles. The standard InChI is InChI=1S/C15H16BNO4/c18-15-12(16(19)20)8-10-7-9-3-1-5-17-6-2-4-11(13(9)17)14(10)21-15/h7-8,19-20H,1-6H2. The van der Waals surface area contributed by atoms with E-state index in [-0.39, 0.29) is 5.46 Å². The summed E-state index contributed by atoms with van der Waals surface area (Å²) in [6.45, 7) is 2.12. The summed E-state index contributed by atoms with van der Waals surface area (Å²) in [5, 5.41) is 19.3. The van der Waals surface area contributed by atoms with Gasteiger partial charge in [-0.1, -0.05) is 0 Å². The van der Waals surface area contributed by atoms with E-state index in [2.05, 4.69) is 4.90 Å². The highest BCUT2D eigenvalue weighted by Gasteiger charge is 2.28. The third kappa shape index (κ3) is 1.90. The maximum absolute atomic E-state index is 11.9. The Morgan fingerprint density at radius 1 is 1.14 bits per heavy atom. The van der Waals surface area contributed by atoms with Crippen molar-refractivity contribution in [1.82, 2.24) is 0 Å². The first-order valence-corrected chi connectivity index (χ1v) is 7.39. The van der Waals surface area contributed by atoms with Crippen molar-refractivity contribution in [2.75, 3.05) is 18.0 Å². The third-order valence-corrected chi connectivity index (χ3v) is 4.52. The molecular weight excluding hydrogens is 269 g/mol. The minimum Gasteiger partial charge on any atom is -0.423 e. The molecule has 21 heavy (non-hydrogen) atoms. The van der Waals surface area contributed by atoms with Gasteiger partial charge in [0, 0.05) is 29.7 Å². The first-order valence-electron chi connectivity index (χ1n) is 7.39. The molecule has 108 valence electrons. The lowest BCUT2D eigenvalue weighted by Gasteiger charge is -2.37. The van der Waals surface area contributed by atoms with Crippen LogP contribution >= 0.6 is 0 Å². The second kappa shape index (κ2) is 4.61. The average Bonchev–Trinajstić information content (AvgIpc) is 2.48. The molecule has 1 aromatic carbocycles. The molecule has 2 aromatic rings. The number of nitrogens with zero attached hydrogens (tertiary/aromatic N) is 1. The van der Waals surface area contributed by atoms with Crippen LogP contribution < -0.4 is 16.0 Å². The molecule has 2 aliphatic heterocycles. The van der Waals surface area contributed by atoms with Crippen LogP contribution in [0.5, 0.6) is 0 Å². The third-order valence-electron chi connectivity index (χ3n) is 4.52. The van der Waals surface area contributed by atoms with E-state index in [1.54, 1.807) is 6.07 Å². The van der Waals surface area contributed by atoms with Crippen LogP contribution in [0.1, 0.15) is 24.0 Å². The van der Waals surface area contributed by atoms with Gasteiger partial charge in [-0.15, -0.1) is 0 Å². The van der Waals surface area contributed by atoms with E-state index in [1.807, 2.05) is 6.07 Å². The van der Waals surface area contributed by atoms with Crippen molar-refractivity contribution in [3.05, 3.63) is 33.7 Å². The fourth-order valence-corrected chi connectivity index (χ4v) is 3.64. The molecule has 0 spiro atoms. The molecule has 2 N–H and O–H groups in total. The van der Waals surface area contributed by atoms with Crippen LogP contribution in [-0.2, 0) is 12.8 Å². The van der Waals surface area contributed by atoms with Gasteiger partial charge in [-0.2, -0.15) is 0 Å². The quantitative estimate of drug-likeness (QED) is 0.577. The summed E-state index contributed by atoms with van der Waals surface area (Å²) in [6.07, 6.45) is 4.11. The lowest BCUT2D eigenvalue weighted by atomic mass is 9.80. The SMILES string of the molecule is O=c1oc2c3c4c(cc2cc1B(O)O)CCCN4CCC3. The molecule has 0 aliphatic carbocycles. The van der Waals surface area contributed by atoms with Crippen molar-refractivity contribution in [3.8, 4) is 0 Å². The Morgan fingerprint density at radius 3 is 2.67 bits per heavy atom. The molecule has 0 amide bonds. The van der Waals surface area contributed by atoms with E-state index in [9.17, 15) is 14.8 Å². The fourth-order valence-electron chi connectivity index (χ4n) is 3.64. The average molecular weight is 285 g/mol. The summed E-state index contributed by atoms with van der Waals surface area (Å²) in [5.74, 6) is 0. The van der Waals surface area contributed by atoms with Crippen molar-refractivity contribution in [3.63, 3.8) is 0 Å². The molecular formula is C15H16BNO4. The summed E-state index contributed by atoms with van der Waals surface area (Å²) in [7, 11) is -1.80. The molecule has 0 bridgehead atoms. The van der Waals surface area contributed by atoms with Crippen molar-refractivity contribution in [2.24, 2.45) is 0 Å². The van der Waals surface area contributed by atoms with Gasteiger partial charge in [-0.05, 0) is 43.4 Å². The maximum Gasteiger partial charge on any atom is 0.495 e. The van der Waals surface area contributed by atoms with E-state index in [0.717, 1.165) is 49.7 Å². The van der Waals surface area contributed by atoms with Crippen molar-refractivity contribution < 1.29 is 14.5 Å². The highest BCUT2D eigenvalue weighted by atomic mass is 16.4. The van der Waals surface area contributed by atoms with Gasteiger partial charge < -0.3 is 19.4 Å². The summed E-state index contributed by atoms with van der Waals surface area (Å²) in [6, 6.07) is 3.58. The monoisotopic (exact) mass is 285 g/mol. The Kier molecular flexibility index (Phi) is 2.84. The number of benzene rings is 1. The second-order valence-corrected chi connectivity index (χ2v) is 5.84. The van der Waals surface area contributed by atoms with Crippen LogP contribution in [0.15, 0.2) is 21.3 Å². The Hall–Kier alpha value is -1.79. The smallest absolute Gasteiger partial charge is 0.423 e. The number of fused-ring (bicyclic) bond motifs is 2. The molecule has 4 rings (SSSR count). The molecule has 0 saturated heterocycles. The lowest BCUT2D eigenvalue weighted by molar-refractivity contribution is 0.422. The largest absolute Gasteiger partial charge is 0.495 e. The number of aryl methyl sites for hydroxylation is 2. The van der Waals surface area contributed by atoms with E-state index in [1.165, 1.54) is 11.3 Å². The number of hydrogen-bond donors (Lipinski definition) is 2. The van der Waals surface area contributed by atoms with Crippen molar-refractivity contribution >= 4 is 29.2 Å². The van der Waals surface area contributed by atoms with E-state index < -0.39 is 12.7 Å². The molecule has 0 saturated carbocycles. The van der Waals surface area contributed by atoms with Gasteiger partial charge in [-0.3, -0.25) is 0 Å². The van der Waals surface area contributed by atoms with Gasteiger partial charge >= 0.3 is 12.7 Å². The highest BCUT2D eigenvalue weighted by Crippen LogP contribution is 2.39. The van der Waals surface area contributed by atoms with Crippen molar-refractivity contribution in [2.45, 2.75) is 25.7 Å². The van der Waals surface area contributed by atoms with Gasteiger partial charge in [0.15, 0.2) is 0 Å². The highest BCUT2D eigenvalue weighted by molar-refractivity contribution is 6.58. The molecule has 5 nitrogen and oxygen atoms in total. The Bertz CT molecular complexity index is 781. The molecule has 6 heteroatoms. The molecule has 2 aliphatic rings. The molecule has 0 fully saturated rings.